The van der Waals surface area contributed by atoms with E-state index < -0.39 is 0 Å². The van der Waals surface area contributed by atoms with Gasteiger partial charge in [0.15, 0.2) is 0 Å². The van der Waals surface area contributed by atoms with Crippen molar-refractivity contribution in [1.82, 2.24) is 5.32 Å². The summed E-state index contributed by atoms with van der Waals surface area (Å²) < 4.78 is 0.724. The Morgan fingerprint density at radius 3 is 3.22 bits per heavy atom. The SMILES string of the molecule is O=CNC1CC(Br)=NO1. The molecule has 4 nitrogen and oxygen atoms in total. The van der Waals surface area contributed by atoms with Crippen molar-refractivity contribution in [3.8, 4) is 0 Å². The van der Waals surface area contributed by atoms with E-state index in [2.05, 4.69) is 26.4 Å². The predicted octanol–water partition coefficient (Wildman–Crippen LogP) is 0.187. The molecular weight excluding hydrogens is 188 g/mol. The number of halogens is 1. The molecule has 5 heteroatoms. The summed E-state index contributed by atoms with van der Waals surface area (Å²) in [6.07, 6.45) is 0.918. The molecule has 1 rings (SSSR count). The lowest BCUT2D eigenvalue weighted by molar-refractivity contribution is -0.112. The molecule has 0 aromatic carbocycles. The third-order valence-corrected chi connectivity index (χ3v) is 1.36. The minimum atomic E-state index is -0.281. The van der Waals surface area contributed by atoms with Crippen LogP contribution in [0, 0.1) is 0 Å². The van der Waals surface area contributed by atoms with E-state index in [0.717, 1.165) is 4.62 Å². The van der Waals surface area contributed by atoms with Gasteiger partial charge in [-0.25, -0.2) is 0 Å². The van der Waals surface area contributed by atoms with Gasteiger partial charge in [0.25, 0.3) is 0 Å². The van der Waals surface area contributed by atoms with Gasteiger partial charge in [-0.05, 0) is 15.9 Å². The zero-order valence-corrected chi connectivity index (χ0v) is 6.09. The third kappa shape index (κ3) is 1.67. The van der Waals surface area contributed by atoms with Crippen molar-refractivity contribution in [3.05, 3.63) is 0 Å². The highest BCUT2D eigenvalue weighted by molar-refractivity contribution is 9.18. The van der Waals surface area contributed by atoms with E-state index in [1.54, 1.807) is 0 Å². The van der Waals surface area contributed by atoms with Crippen molar-refractivity contribution in [2.45, 2.75) is 12.6 Å². The highest BCUT2D eigenvalue weighted by Crippen LogP contribution is 2.10. The second-order valence-corrected chi connectivity index (χ2v) is 2.47. The fourth-order valence-electron chi connectivity index (χ4n) is 0.514. The molecule has 0 saturated carbocycles. The fourth-order valence-corrected chi connectivity index (χ4v) is 0.891. The van der Waals surface area contributed by atoms with Gasteiger partial charge in [-0.3, -0.25) is 4.79 Å². The number of hydrogen-bond acceptors (Lipinski definition) is 3. The highest BCUT2D eigenvalue weighted by atomic mass is 79.9. The van der Waals surface area contributed by atoms with E-state index in [-0.39, 0.29) is 6.23 Å². The summed E-state index contributed by atoms with van der Waals surface area (Å²) in [4.78, 5) is 14.5. The van der Waals surface area contributed by atoms with Crippen molar-refractivity contribution in [3.63, 3.8) is 0 Å². The predicted molar refractivity (Wildman–Crippen MR) is 35.1 cm³/mol. The first-order valence-corrected chi connectivity index (χ1v) is 3.20. The number of hydrogen-bond donors (Lipinski definition) is 1. The van der Waals surface area contributed by atoms with Crippen LogP contribution in [0.2, 0.25) is 0 Å². The van der Waals surface area contributed by atoms with Crippen molar-refractivity contribution >= 4 is 27.0 Å². The molecule has 9 heavy (non-hydrogen) atoms. The first-order chi connectivity index (χ1) is 4.33. The number of nitrogens with zero attached hydrogens (tertiary/aromatic N) is 1. The molecule has 1 atom stereocenters. The van der Waals surface area contributed by atoms with Crippen LogP contribution in [0.5, 0.6) is 0 Å². The van der Waals surface area contributed by atoms with E-state index in [9.17, 15) is 4.79 Å². The molecule has 0 aromatic rings. The van der Waals surface area contributed by atoms with Crippen LogP contribution in [-0.2, 0) is 9.63 Å². The molecule has 0 aliphatic carbocycles. The number of nitrogens with one attached hydrogen (secondary N) is 1. The number of rotatable bonds is 2. The van der Waals surface area contributed by atoms with Crippen LogP contribution in [0.15, 0.2) is 5.16 Å². The summed E-state index contributed by atoms with van der Waals surface area (Å²) >= 11 is 3.12. The number of carbonyl (C=O) groups excluding carboxylic acids is 1. The smallest absolute Gasteiger partial charge is 0.209 e. The standard InChI is InChI=1S/C4H5BrN2O2/c5-3-1-4(6-2-8)9-7-3/h2,4H,1H2,(H,6,8). The lowest BCUT2D eigenvalue weighted by Crippen LogP contribution is -2.26. The van der Waals surface area contributed by atoms with Crippen molar-refractivity contribution in [2.24, 2.45) is 5.16 Å². The van der Waals surface area contributed by atoms with Crippen LogP contribution in [0.4, 0.5) is 0 Å². The van der Waals surface area contributed by atoms with Crippen LogP contribution >= 0.6 is 15.9 Å². The number of amides is 1. The van der Waals surface area contributed by atoms with Crippen molar-refractivity contribution in [1.29, 1.82) is 0 Å². The summed E-state index contributed by atoms with van der Waals surface area (Å²) in [6, 6.07) is 0. The summed E-state index contributed by atoms with van der Waals surface area (Å²) in [5.74, 6) is 0. The Bertz CT molecular complexity index is 148. The molecule has 0 bridgehead atoms. The Kier molecular flexibility index (Phi) is 2.05. The molecular formula is C4H5BrN2O2. The zero-order chi connectivity index (χ0) is 6.69. The summed E-state index contributed by atoms with van der Waals surface area (Å²) in [7, 11) is 0. The Labute approximate surface area is 60.4 Å². The molecule has 1 amide bonds. The third-order valence-electron chi connectivity index (χ3n) is 0.887. The molecule has 1 heterocycles. The Hall–Kier alpha value is -0.580. The van der Waals surface area contributed by atoms with Gasteiger partial charge in [0.1, 0.15) is 4.62 Å². The zero-order valence-electron chi connectivity index (χ0n) is 4.50. The topological polar surface area (TPSA) is 50.7 Å². The van der Waals surface area contributed by atoms with E-state index in [4.69, 9.17) is 4.84 Å². The fraction of sp³-hybridized carbons (Fsp3) is 0.500. The maximum Gasteiger partial charge on any atom is 0.209 e. The minimum absolute atomic E-state index is 0.281. The Balaban J connectivity index is 2.28. The quantitative estimate of drug-likeness (QED) is 0.636. The summed E-state index contributed by atoms with van der Waals surface area (Å²) in [6.45, 7) is 0. The minimum Gasteiger partial charge on any atom is -0.369 e. The summed E-state index contributed by atoms with van der Waals surface area (Å²) in [5, 5.41) is 5.98. The second kappa shape index (κ2) is 2.82. The van der Waals surface area contributed by atoms with E-state index in [0.29, 0.717) is 12.8 Å². The normalized spacial score (nSPS) is 24.6. The van der Waals surface area contributed by atoms with Crippen LogP contribution in [-0.4, -0.2) is 17.3 Å². The number of carbonyl (C=O) groups is 1. The Morgan fingerprint density at radius 2 is 2.78 bits per heavy atom. The van der Waals surface area contributed by atoms with Gasteiger partial charge >= 0.3 is 0 Å². The van der Waals surface area contributed by atoms with Crippen LogP contribution in [0.25, 0.3) is 0 Å². The van der Waals surface area contributed by atoms with E-state index >= 15 is 0 Å². The lowest BCUT2D eigenvalue weighted by Gasteiger charge is -2.02. The van der Waals surface area contributed by atoms with Crippen molar-refractivity contribution in [2.75, 3.05) is 0 Å². The largest absolute Gasteiger partial charge is 0.369 e. The molecule has 0 aromatic heterocycles. The van der Waals surface area contributed by atoms with Gasteiger partial charge in [-0.15, -0.1) is 0 Å². The van der Waals surface area contributed by atoms with Crippen molar-refractivity contribution < 1.29 is 9.63 Å². The van der Waals surface area contributed by atoms with E-state index in [1.807, 2.05) is 0 Å². The molecule has 0 fully saturated rings. The monoisotopic (exact) mass is 192 g/mol. The lowest BCUT2D eigenvalue weighted by atomic mass is 10.4. The van der Waals surface area contributed by atoms with E-state index in [1.165, 1.54) is 0 Å². The molecule has 0 saturated heterocycles. The highest BCUT2D eigenvalue weighted by Gasteiger charge is 2.16. The second-order valence-electron chi connectivity index (χ2n) is 1.55. The van der Waals surface area contributed by atoms with Gasteiger partial charge in [0.05, 0.1) is 6.42 Å². The summed E-state index contributed by atoms with van der Waals surface area (Å²) in [5.41, 5.74) is 0. The molecule has 50 valence electrons. The van der Waals surface area contributed by atoms with Crippen LogP contribution in [0.3, 0.4) is 0 Å². The van der Waals surface area contributed by atoms with Gasteiger partial charge in [0.2, 0.25) is 12.6 Å². The molecule has 0 spiro atoms. The average Bonchev–Trinajstić information content (AvgIpc) is 2.17. The first-order valence-electron chi connectivity index (χ1n) is 2.41. The van der Waals surface area contributed by atoms with Crippen LogP contribution in [0.1, 0.15) is 6.42 Å². The van der Waals surface area contributed by atoms with Gasteiger partial charge < -0.3 is 10.2 Å². The maximum absolute atomic E-state index is 9.81. The maximum atomic E-state index is 9.81. The number of oxime groups is 1. The van der Waals surface area contributed by atoms with Gasteiger partial charge in [-0.2, -0.15) is 0 Å². The molecule has 1 aliphatic heterocycles. The van der Waals surface area contributed by atoms with Gasteiger partial charge in [0, 0.05) is 0 Å². The molecule has 0 radical (unpaired) electrons. The molecule has 1 N–H and O–H groups in total. The molecule has 1 aliphatic rings. The van der Waals surface area contributed by atoms with Gasteiger partial charge in [-0.1, -0.05) is 5.16 Å². The first kappa shape index (κ1) is 6.54. The average molecular weight is 193 g/mol. The Morgan fingerprint density at radius 1 is 2.00 bits per heavy atom. The van der Waals surface area contributed by atoms with Crippen LogP contribution < -0.4 is 5.32 Å². The molecule has 1 unspecified atom stereocenters.